The fourth-order valence-corrected chi connectivity index (χ4v) is 2.50. The Morgan fingerprint density at radius 1 is 1.30 bits per heavy atom. The van der Waals surface area contributed by atoms with Gasteiger partial charge in [-0.15, -0.1) is 10.2 Å². The largest absolute Gasteiger partial charge is 0.338 e. The van der Waals surface area contributed by atoms with Gasteiger partial charge in [0.1, 0.15) is 6.33 Å². The Hall–Kier alpha value is -2.15. The minimum absolute atomic E-state index is 0.575. The molecule has 0 fully saturated rings. The first kappa shape index (κ1) is 12.9. The predicted octanol–water partition coefficient (Wildman–Crippen LogP) is 2.47. The van der Waals surface area contributed by atoms with E-state index in [4.69, 9.17) is 4.52 Å². The molecule has 3 aromatic rings. The van der Waals surface area contributed by atoms with Crippen molar-refractivity contribution in [3.63, 3.8) is 0 Å². The van der Waals surface area contributed by atoms with Crippen molar-refractivity contribution in [2.75, 3.05) is 0 Å². The summed E-state index contributed by atoms with van der Waals surface area (Å²) in [5, 5.41) is 12.7. The lowest BCUT2D eigenvalue weighted by molar-refractivity contribution is 0.391. The fourth-order valence-electron chi connectivity index (χ4n) is 1.78. The normalized spacial score (nSPS) is 10.9. The molecule has 0 saturated heterocycles. The van der Waals surface area contributed by atoms with Gasteiger partial charge in [-0.2, -0.15) is 4.98 Å². The highest BCUT2D eigenvalue weighted by atomic mass is 32.2. The second-order valence-electron chi connectivity index (χ2n) is 4.34. The molecule has 0 aliphatic carbocycles. The molecule has 0 atom stereocenters. The number of benzene rings is 1. The van der Waals surface area contributed by atoms with Gasteiger partial charge in [-0.3, -0.25) is 0 Å². The van der Waals surface area contributed by atoms with Crippen LogP contribution in [0.3, 0.4) is 0 Å². The minimum atomic E-state index is 0.575. The van der Waals surface area contributed by atoms with Crippen LogP contribution in [-0.4, -0.2) is 24.9 Å². The van der Waals surface area contributed by atoms with E-state index in [2.05, 4.69) is 20.3 Å². The standard InChI is InChI=1S/C13H13N5OS/c1-9-5-3-4-6-10(9)12-15-11(19-17-12)7-20-13-16-14-8-18(13)2/h3-6,8H,7H2,1-2H3. The number of aryl methyl sites for hydroxylation is 2. The summed E-state index contributed by atoms with van der Waals surface area (Å²) in [6, 6.07) is 7.97. The molecule has 0 unspecified atom stereocenters. The molecule has 0 aliphatic rings. The second-order valence-corrected chi connectivity index (χ2v) is 5.28. The zero-order chi connectivity index (χ0) is 13.9. The first-order valence-electron chi connectivity index (χ1n) is 6.09. The quantitative estimate of drug-likeness (QED) is 0.687. The maximum atomic E-state index is 5.27. The van der Waals surface area contributed by atoms with Gasteiger partial charge in [-0.25, -0.2) is 0 Å². The highest BCUT2D eigenvalue weighted by Gasteiger charge is 2.11. The van der Waals surface area contributed by atoms with Gasteiger partial charge in [0.05, 0.1) is 5.75 Å². The van der Waals surface area contributed by atoms with E-state index in [9.17, 15) is 0 Å². The van der Waals surface area contributed by atoms with Crippen molar-refractivity contribution in [2.45, 2.75) is 17.8 Å². The molecule has 0 radical (unpaired) electrons. The van der Waals surface area contributed by atoms with E-state index in [-0.39, 0.29) is 0 Å². The lowest BCUT2D eigenvalue weighted by Gasteiger charge is -1.98. The van der Waals surface area contributed by atoms with Crippen LogP contribution in [-0.2, 0) is 12.8 Å². The Bertz CT molecular complexity index is 721. The summed E-state index contributed by atoms with van der Waals surface area (Å²) in [6.07, 6.45) is 1.66. The van der Waals surface area contributed by atoms with E-state index in [1.54, 1.807) is 6.33 Å². The first-order valence-corrected chi connectivity index (χ1v) is 7.08. The molecule has 0 N–H and O–H groups in total. The van der Waals surface area contributed by atoms with Crippen LogP contribution < -0.4 is 0 Å². The zero-order valence-electron chi connectivity index (χ0n) is 11.1. The molecule has 0 spiro atoms. The highest BCUT2D eigenvalue weighted by Crippen LogP contribution is 2.23. The minimum Gasteiger partial charge on any atom is -0.338 e. The number of thioether (sulfide) groups is 1. The molecule has 0 bridgehead atoms. The van der Waals surface area contributed by atoms with Crippen LogP contribution in [0.5, 0.6) is 0 Å². The van der Waals surface area contributed by atoms with E-state index in [0.717, 1.165) is 16.3 Å². The molecule has 7 heteroatoms. The summed E-state index contributed by atoms with van der Waals surface area (Å²) < 4.78 is 7.12. The van der Waals surface area contributed by atoms with Crippen LogP contribution in [0.25, 0.3) is 11.4 Å². The van der Waals surface area contributed by atoms with Crippen molar-refractivity contribution in [1.82, 2.24) is 24.9 Å². The topological polar surface area (TPSA) is 69.6 Å². The number of hydrogen-bond donors (Lipinski definition) is 0. The van der Waals surface area contributed by atoms with Crippen LogP contribution in [0, 0.1) is 6.92 Å². The monoisotopic (exact) mass is 287 g/mol. The molecule has 2 heterocycles. The lowest BCUT2D eigenvalue weighted by Crippen LogP contribution is -1.90. The smallest absolute Gasteiger partial charge is 0.237 e. The third-order valence-electron chi connectivity index (χ3n) is 2.85. The fraction of sp³-hybridized carbons (Fsp3) is 0.231. The molecule has 0 aliphatic heterocycles. The van der Waals surface area contributed by atoms with Crippen LogP contribution in [0.1, 0.15) is 11.5 Å². The Morgan fingerprint density at radius 3 is 2.90 bits per heavy atom. The summed E-state index contributed by atoms with van der Waals surface area (Å²) in [4.78, 5) is 4.41. The Morgan fingerprint density at radius 2 is 2.15 bits per heavy atom. The lowest BCUT2D eigenvalue weighted by atomic mass is 10.1. The first-order chi connectivity index (χ1) is 9.74. The molecule has 20 heavy (non-hydrogen) atoms. The van der Waals surface area contributed by atoms with Crippen LogP contribution >= 0.6 is 11.8 Å². The van der Waals surface area contributed by atoms with Crippen LogP contribution in [0.4, 0.5) is 0 Å². The highest BCUT2D eigenvalue weighted by molar-refractivity contribution is 7.98. The van der Waals surface area contributed by atoms with Gasteiger partial charge >= 0.3 is 0 Å². The maximum Gasteiger partial charge on any atom is 0.237 e. The van der Waals surface area contributed by atoms with Gasteiger partial charge in [0.15, 0.2) is 5.16 Å². The predicted molar refractivity (Wildman–Crippen MR) is 75.0 cm³/mol. The molecule has 102 valence electrons. The third kappa shape index (κ3) is 2.57. The Labute approximate surface area is 120 Å². The van der Waals surface area contributed by atoms with E-state index in [1.165, 1.54) is 11.8 Å². The van der Waals surface area contributed by atoms with Crippen LogP contribution in [0.15, 0.2) is 40.3 Å². The van der Waals surface area contributed by atoms with Crippen molar-refractivity contribution in [3.05, 3.63) is 42.0 Å². The van der Waals surface area contributed by atoms with Gasteiger partial charge in [0, 0.05) is 12.6 Å². The van der Waals surface area contributed by atoms with Crippen molar-refractivity contribution < 1.29 is 4.52 Å². The van der Waals surface area contributed by atoms with Crippen molar-refractivity contribution in [2.24, 2.45) is 7.05 Å². The average Bonchev–Trinajstić information content (AvgIpc) is 3.06. The van der Waals surface area contributed by atoms with Crippen molar-refractivity contribution in [1.29, 1.82) is 0 Å². The summed E-state index contributed by atoms with van der Waals surface area (Å²) >= 11 is 1.51. The molecular weight excluding hydrogens is 274 g/mol. The third-order valence-corrected chi connectivity index (χ3v) is 3.87. The Balaban J connectivity index is 1.74. The zero-order valence-corrected chi connectivity index (χ0v) is 12.0. The Kier molecular flexibility index (Phi) is 3.51. The van der Waals surface area contributed by atoms with Crippen LogP contribution in [0.2, 0.25) is 0 Å². The van der Waals surface area contributed by atoms with Gasteiger partial charge in [-0.1, -0.05) is 41.2 Å². The van der Waals surface area contributed by atoms with E-state index in [0.29, 0.717) is 17.5 Å². The molecule has 6 nitrogen and oxygen atoms in total. The summed E-state index contributed by atoms with van der Waals surface area (Å²) in [5.74, 6) is 1.78. The summed E-state index contributed by atoms with van der Waals surface area (Å²) in [5.41, 5.74) is 2.12. The second kappa shape index (κ2) is 5.46. The number of hydrogen-bond acceptors (Lipinski definition) is 6. The number of aromatic nitrogens is 5. The van der Waals surface area contributed by atoms with E-state index < -0.39 is 0 Å². The van der Waals surface area contributed by atoms with E-state index >= 15 is 0 Å². The average molecular weight is 287 g/mol. The summed E-state index contributed by atoms with van der Waals surface area (Å²) in [6.45, 7) is 2.03. The molecule has 3 rings (SSSR count). The molecular formula is C13H13N5OS. The number of rotatable bonds is 4. The maximum absolute atomic E-state index is 5.27. The van der Waals surface area contributed by atoms with Crippen molar-refractivity contribution >= 4 is 11.8 Å². The van der Waals surface area contributed by atoms with Gasteiger partial charge in [0.2, 0.25) is 11.7 Å². The molecule has 0 amide bonds. The SMILES string of the molecule is Cc1ccccc1-c1noc(CSc2nncn2C)n1. The van der Waals surface area contributed by atoms with E-state index in [1.807, 2.05) is 42.8 Å². The van der Waals surface area contributed by atoms with Gasteiger partial charge < -0.3 is 9.09 Å². The molecule has 1 aromatic carbocycles. The number of nitrogens with zero attached hydrogens (tertiary/aromatic N) is 5. The van der Waals surface area contributed by atoms with Gasteiger partial charge in [0.25, 0.3) is 0 Å². The van der Waals surface area contributed by atoms with Crippen molar-refractivity contribution in [3.8, 4) is 11.4 Å². The van der Waals surface area contributed by atoms with Gasteiger partial charge in [-0.05, 0) is 12.5 Å². The molecule has 0 saturated carbocycles. The summed E-state index contributed by atoms with van der Waals surface area (Å²) in [7, 11) is 1.90. The molecule has 2 aromatic heterocycles.